The number of hydrogen-bond acceptors (Lipinski definition) is 5. The van der Waals surface area contributed by atoms with E-state index >= 15 is 0 Å². The van der Waals surface area contributed by atoms with Gasteiger partial charge < -0.3 is 10.2 Å². The molecular weight excluding hydrogens is 336 g/mol. The Morgan fingerprint density at radius 2 is 1.56 bits per heavy atom. The molecule has 3 rings (SSSR count). The van der Waals surface area contributed by atoms with Gasteiger partial charge in [0.25, 0.3) is 0 Å². The summed E-state index contributed by atoms with van der Waals surface area (Å²) in [6, 6.07) is 19.9. The van der Waals surface area contributed by atoms with Crippen molar-refractivity contribution in [1.82, 2.24) is 0 Å². The van der Waals surface area contributed by atoms with E-state index in [9.17, 15) is 10.5 Å². The molecule has 0 fully saturated rings. The van der Waals surface area contributed by atoms with Crippen LogP contribution in [0.1, 0.15) is 11.1 Å². The van der Waals surface area contributed by atoms with Crippen LogP contribution in [0.15, 0.2) is 64.0 Å². The summed E-state index contributed by atoms with van der Waals surface area (Å²) in [5.74, 6) is -0.0962. The third-order valence-corrected chi connectivity index (χ3v) is 3.76. The molecule has 120 valence electrons. The number of para-hydroxylation sites is 1. The highest BCUT2D eigenvalue weighted by Gasteiger charge is 2.19. The zero-order valence-electron chi connectivity index (χ0n) is 12.9. The molecule has 6 heteroatoms. The molecule has 1 heterocycles. The van der Waals surface area contributed by atoms with Crippen LogP contribution in [0.2, 0.25) is 5.02 Å². The first-order valence-corrected chi connectivity index (χ1v) is 7.64. The third kappa shape index (κ3) is 3.23. The molecule has 0 unspecified atom stereocenters. The van der Waals surface area contributed by atoms with Gasteiger partial charge in [-0.25, -0.2) is 4.99 Å². The minimum absolute atomic E-state index is 0.0511. The number of anilines is 1. The van der Waals surface area contributed by atoms with E-state index in [4.69, 9.17) is 21.8 Å². The van der Waals surface area contributed by atoms with Crippen LogP contribution in [0, 0.1) is 22.7 Å². The summed E-state index contributed by atoms with van der Waals surface area (Å²) < 4.78 is 5.45. The second-order valence-electron chi connectivity index (χ2n) is 5.07. The van der Waals surface area contributed by atoms with Crippen LogP contribution in [0.4, 0.5) is 11.6 Å². The second-order valence-corrected chi connectivity index (χ2v) is 5.51. The van der Waals surface area contributed by atoms with Gasteiger partial charge in [0.15, 0.2) is 0 Å². The standard InChI is InChI=1S/C19H11ClN4O/c20-13-8-6-12(7-9-13)17-15(10-21)18(23)25-19(16(17)11-22)24-14-4-2-1-3-5-14/h1-9H,23H2. The molecule has 3 aromatic rings. The van der Waals surface area contributed by atoms with E-state index in [1.54, 1.807) is 36.4 Å². The average molecular weight is 347 g/mol. The van der Waals surface area contributed by atoms with Gasteiger partial charge >= 0.3 is 0 Å². The molecule has 2 aromatic carbocycles. The predicted molar refractivity (Wildman–Crippen MR) is 94.7 cm³/mol. The first kappa shape index (κ1) is 16.3. The molecule has 25 heavy (non-hydrogen) atoms. The molecule has 0 aliphatic heterocycles. The molecule has 0 amide bonds. The first-order valence-electron chi connectivity index (χ1n) is 7.26. The number of nitriles is 2. The zero-order valence-corrected chi connectivity index (χ0v) is 13.7. The number of rotatable bonds is 2. The van der Waals surface area contributed by atoms with E-state index in [0.29, 0.717) is 21.8 Å². The molecule has 0 aliphatic rings. The molecule has 0 spiro atoms. The molecule has 5 nitrogen and oxygen atoms in total. The number of nitrogen functional groups attached to an aromatic ring is 1. The summed E-state index contributed by atoms with van der Waals surface area (Å²) in [7, 11) is 0. The Bertz CT molecular complexity index is 1070. The molecule has 0 aliphatic carbocycles. The van der Waals surface area contributed by atoms with E-state index in [1.165, 1.54) is 0 Å². The van der Waals surface area contributed by atoms with Crippen LogP contribution < -0.4 is 11.3 Å². The Labute approximate surface area is 148 Å². The van der Waals surface area contributed by atoms with Crippen molar-refractivity contribution in [2.45, 2.75) is 0 Å². The van der Waals surface area contributed by atoms with Crippen LogP contribution in [0.5, 0.6) is 0 Å². The lowest BCUT2D eigenvalue weighted by atomic mass is 9.97. The Morgan fingerprint density at radius 1 is 0.920 bits per heavy atom. The second kappa shape index (κ2) is 6.92. The molecule has 0 saturated heterocycles. The number of nitrogens with two attached hydrogens (primary N) is 1. The molecule has 0 radical (unpaired) electrons. The van der Waals surface area contributed by atoms with Crippen LogP contribution in [0.3, 0.4) is 0 Å². The summed E-state index contributed by atoms with van der Waals surface area (Å²) in [5.41, 5.74) is 7.78. The van der Waals surface area contributed by atoms with E-state index < -0.39 is 0 Å². The van der Waals surface area contributed by atoms with Crippen molar-refractivity contribution < 1.29 is 4.42 Å². The number of nitrogens with zero attached hydrogens (tertiary/aromatic N) is 3. The van der Waals surface area contributed by atoms with Crippen molar-refractivity contribution in [3.63, 3.8) is 0 Å². The predicted octanol–water partition coefficient (Wildman–Crippen LogP) is 4.16. The molecule has 2 N–H and O–H groups in total. The third-order valence-electron chi connectivity index (χ3n) is 3.51. The lowest BCUT2D eigenvalue weighted by Gasteiger charge is -2.09. The van der Waals surface area contributed by atoms with Crippen LogP contribution in [-0.2, 0) is 0 Å². The maximum absolute atomic E-state index is 9.66. The van der Waals surface area contributed by atoms with Gasteiger partial charge in [-0.2, -0.15) is 10.5 Å². The van der Waals surface area contributed by atoms with Crippen molar-refractivity contribution in [2.24, 2.45) is 4.99 Å². The maximum atomic E-state index is 9.66. The Morgan fingerprint density at radius 3 is 2.16 bits per heavy atom. The highest BCUT2D eigenvalue weighted by atomic mass is 35.5. The van der Waals surface area contributed by atoms with Crippen molar-refractivity contribution in [3.05, 3.63) is 76.3 Å². The van der Waals surface area contributed by atoms with Crippen LogP contribution in [-0.4, -0.2) is 0 Å². The van der Waals surface area contributed by atoms with Crippen molar-refractivity contribution >= 4 is 23.2 Å². The summed E-state index contributed by atoms with van der Waals surface area (Å²) in [6.45, 7) is 0. The smallest absolute Gasteiger partial charge is 0.240 e. The van der Waals surface area contributed by atoms with Gasteiger partial charge in [0.1, 0.15) is 23.3 Å². The normalized spacial score (nSPS) is 10.9. The fourth-order valence-electron chi connectivity index (χ4n) is 2.38. The van der Waals surface area contributed by atoms with Gasteiger partial charge in [-0.15, -0.1) is 0 Å². The summed E-state index contributed by atoms with van der Waals surface area (Å²) in [4.78, 5) is 4.35. The van der Waals surface area contributed by atoms with Gasteiger partial charge in [-0.05, 0) is 29.8 Å². The number of halogens is 1. The Kier molecular flexibility index (Phi) is 4.52. The van der Waals surface area contributed by atoms with Gasteiger partial charge in [0.05, 0.1) is 5.69 Å². The molecule has 0 saturated carbocycles. The fourth-order valence-corrected chi connectivity index (χ4v) is 2.51. The molecule has 0 bridgehead atoms. The monoisotopic (exact) mass is 346 g/mol. The summed E-state index contributed by atoms with van der Waals surface area (Å²) >= 11 is 5.92. The largest absolute Gasteiger partial charge is 0.420 e. The van der Waals surface area contributed by atoms with Gasteiger partial charge in [-0.3, -0.25) is 0 Å². The Hall–Kier alpha value is -3.54. The van der Waals surface area contributed by atoms with E-state index in [-0.39, 0.29) is 22.6 Å². The number of hydrogen-bond donors (Lipinski definition) is 1. The quantitative estimate of drug-likeness (QED) is 0.753. The minimum Gasteiger partial charge on any atom is -0.420 e. The minimum atomic E-state index is -0.0962. The first-order chi connectivity index (χ1) is 12.1. The van der Waals surface area contributed by atoms with Gasteiger partial charge in [0.2, 0.25) is 11.4 Å². The van der Waals surface area contributed by atoms with Crippen LogP contribution in [0.25, 0.3) is 11.1 Å². The van der Waals surface area contributed by atoms with Crippen molar-refractivity contribution in [3.8, 4) is 23.3 Å². The maximum Gasteiger partial charge on any atom is 0.240 e. The highest BCUT2D eigenvalue weighted by Crippen LogP contribution is 2.30. The van der Waals surface area contributed by atoms with E-state index in [1.807, 2.05) is 24.3 Å². The molecule has 0 atom stereocenters. The molecule has 1 aromatic heterocycles. The average Bonchev–Trinajstić information content (AvgIpc) is 2.63. The van der Waals surface area contributed by atoms with Gasteiger partial charge in [-0.1, -0.05) is 41.9 Å². The zero-order chi connectivity index (χ0) is 17.8. The van der Waals surface area contributed by atoms with Gasteiger partial charge in [0, 0.05) is 10.6 Å². The lowest BCUT2D eigenvalue weighted by Crippen LogP contribution is -2.12. The summed E-state index contributed by atoms with van der Waals surface area (Å²) in [6.07, 6.45) is 0. The topological polar surface area (TPSA) is 99.1 Å². The summed E-state index contributed by atoms with van der Waals surface area (Å²) in [5, 5.41) is 19.7. The van der Waals surface area contributed by atoms with Crippen molar-refractivity contribution in [2.75, 3.05) is 5.73 Å². The van der Waals surface area contributed by atoms with Crippen LogP contribution >= 0.6 is 11.6 Å². The lowest BCUT2D eigenvalue weighted by molar-refractivity contribution is 0.513. The van der Waals surface area contributed by atoms with Crippen molar-refractivity contribution in [1.29, 1.82) is 10.5 Å². The fraction of sp³-hybridized carbons (Fsp3) is 0. The highest BCUT2D eigenvalue weighted by molar-refractivity contribution is 6.30. The SMILES string of the molecule is N#Cc1c(N)oc(=Nc2ccccc2)c(C#N)c1-c1ccc(Cl)cc1. The Balaban J connectivity index is 2.37. The molecular formula is C19H11ClN4O. The van der Waals surface area contributed by atoms with E-state index in [2.05, 4.69) is 11.1 Å². The number of benzene rings is 2. The van der Waals surface area contributed by atoms with E-state index in [0.717, 1.165) is 0 Å².